The van der Waals surface area contributed by atoms with E-state index in [4.69, 9.17) is 44.7 Å². The average molecular weight is 393 g/mol. The molecule has 1 saturated heterocycles. The molecule has 0 saturated carbocycles. The third kappa shape index (κ3) is 3.32. The zero-order valence-corrected chi connectivity index (χ0v) is 14.3. The van der Waals surface area contributed by atoms with E-state index in [0.717, 1.165) is 0 Å². The van der Waals surface area contributed by atoms with Crippen LogP contribution in [0.25, 0.3) is 0 Å². The molecule has 24 heavy (non-hydrogen) atoms. The Balaban J connectivity index is 1.85. The molecule has 3 rings (SSSR count). The van der Waals surface area contributed by atoms with Gasteiger partial charge < -0.3 is 30.9 Å². The quantitative estimate of drug-likeness (QED) is 0.277. The highest BCUT2D eigenvalue weighted by atomic mass is 32.1. The lowest BCUT2D eigenvalue weighted by molar-refractivity contribution is 0.00505. The highest BCUT2D eigenvalue weighted by Crippen LogP contribution is 2.37. The number of nitrogens with two attached hydrogens (primary N) is 1. The van der Waals surface area contributed by atoms with E-state index in [2.05, 4.69) is 25.1 Å². The van der Waals surface area contributed by atoms with Crippen LogP contribution in [-0.4, -0.2) is 54.5 Å². The van der Waals surface area contributed by atoms with Crippen LogP contribution in [0.4, 0.5) is 17.5 Å². The summed E-state index contributed by atoms with van der Waals surface area (Å²) in [5, 5.41) is 5.76. The molecule has 1 fully saturated rings. The van der Waals surface area contributed by atoms with Gasteiger partial charge in [0.05, 0.1) is 16.3 Å². The van der Waals surface area contributed by atoms with E-state index < -0.39 is 38.4 Å². The van der Waals surface area contributed by atoms with Crippen LogP contribution in [-0.2, 0) is 13.8 Å². The molecule has 0 aliphatic carbocycles. The van der Waals surface area contributed by atoms with Gasteiger partial charge in [-0.2, -0.15) is 4.98 Å². The van der Waals surface area contributed by atoms with Gasteiger partial charge in [-0.25, -0.2) is 4.57 Å². The van der Waals surface area contributed by atoms with Gasteiger partial charge in [0, 0.05) is 0 Å². The van der Waals surface area contributed by atoms with E-state index in [9.17, 15) is 9.36 Å². The second-order valence-corrected chi connectivity index (χ2v) is 7.12. The molecule has 0 aromatic carbocycles. The molecule has 0 unspecified atom stereocenters. The molecule has 14 heteroatoms. The predicted octanol–water partition coefficient (Wildman–Crippen LogP) is -0.868. The lowest BCUT2D eigenvalue weighted by atomic mass is 10.00. The largest absolute Gasteiger partial charge is 0.469 e. The summed E-state index contributed by atoms with van der Waals surface area (Å²) in [6, 6.07) is -0.627. The predicted molar refractivity (Wildman–Crippen MR) is 92.2 cm³/mol. The molecular formula is C10H12N5O6PS2. The maximum Gasteiger partial charge on any atom is 0.469 e. The molecule has 3 atom stereocenters. The van der Waals surface area contributed by atoms with Crippen LogP contribution in [0, 0.1) is 0 Å². The minimum atomic E-state index is -4.67. The van der Waals surface area contributed by atoms with E-state index in [1.807, 2.05) is 0 Å². The van der Waals surface area contributed by atoms with E-state index in [0.29, 0.717) is 0 Å². The first-order valence-corrected chi connectivity index (χ1v) is 8.87. The number of phosphoric ester groups is 1. The van der Waals surface area contributed by atoms with Gasteiger partial charge >= 0.3 is 7.82 Å². The Morgan fingerprint density at radius 3 is 2.71 bits per heavy atom. The van der Waals surface area contributed by atoms with Gasteiger partial charge in [0.15, 0.2) is 12.0 Å². The van der Waals surface area contributed by atoms with Crippen LogP contribution in [0.1, 0.15) is 0 Å². The molecule has 1 aromatic heterocycles. The molecule has 1 aromatic rings. The first-order chi connectivity index (χ1) is 11.2. The summed E-state index contributed by atoms with van der Waals surface area (Å²) >= 11 is 10.4. The molecule has 2 aliphatic rings. The maximum absolute atomic E-state index is 11.9. The van der Waals surface area contributed by atoms with Crippen molar-refractivity contribution in [1.82, 2.24) is 9.97 Å². The molecule has 7 N–H and O–H groups in total. The topological polar surface area (TPSA) is 172 Å². The Morgan fingerprint density at radius 1 is 1.33 bits per heavy atom. The van der Waals surface area contributed by atoms with Gasteiger partial charge in [-0.05, 0) is 0 Å². The Kier molecular flexibility index (Phi) is 4.42. The lowest BCUT2D eigenvalue weighted by Gasteiger charge is -2.41. The molecular weight excluding hydrogens is 381 g/mol. The number of ether oxygens (including phenoxy) is 1. The van der Waals surface area contributed by atoms with E-state index in [-0.39, 0.29) is 27.2 Å². The average Bonchev–Trinajstić information content (AvgIpc) is 2.47. The fourth-order valence-corrected chi connectivity index (χ4v) is 3.22. The van der Waals surface area contributed by atoms with Crippen molar-refractivity contribution in [2.75, 3.05) is 23.0 Å². The molecule has 130 valence electrons. The van der Waals surface area contributed by atoms with Crippen molar-refractivity contribution in [2.24, 2.45) is 0 Å². The van der Waals surface area contributed by atoms with Crippen LogP contribution < -0.4 is 21.9 Å². The highest BCUT2D eigenvalue weighted by Gasteiger charge is 2.43. The van der Waals surface area contributed by atoms with Gasteiger partial charge in [0.25, 0.3) is 5.56 Å². The van der Waals surface area contributed by atoms with E-state index in [1.54, 1.807) is 0 Å². The number of aromatic nitrogens is 2. The number of nitrogens with one attached hydrogen (secondary N) is 3. The Labute approximate surface area is 145 Å². The molecule has 0 radical (unpaired) electrons. The standard InChI is InChI=1S/C10H12N5O6PS2/c11-10-14-7-4(8(16)15-10)12-3-6(24)5(23)2(21-9(3)13-7)1-20-22(17,18)19/h2-3,9,12H,1H2,(H2,17,18,19)(H4,11,13,14,15,16)/t2-,3+,9-/m1/s1. The maximum atomic E-state index is 11.9. The molecule has 3 heterocycles. The van der Waals surface area contributed by atoms with Crippen molar-refractivity contribution in [3.05, 3.63) is 10.4 Å². The van der Waals surface area contributed by atoms with E-state index >= 15 is 0 Å². The third-order valence-corrected chi connectivity index (χ3v) is 4.91. The van der Waals surface area contributed by atoms with Crippen LogP contribution in [0.5, 0.6) is 0 Å². The van der Waals surface area contributed by atoms with E-state index in [1.165, 1.54) is 0 Å². The Morgan fingerprint density at radius 2 is 2.04 bits per heavy atom. The summed E-state index contributed by atoms with van der Waals surface area (Å²) in [4.78, 5) is 36.3. The fourth-order valence-electron chi connectivity index (χ4n) is 2.32. The molecule has 11 nitrogen and oxygen atoms in total. The highest BCUT2D eigenvalue weighted by molar-refractivity contribution is 7.89. The van der Waals surface area contributed by atoms with Gasteiger partial charge in [0.2, 0.25) is 5.95 Å². The SMILES string of the molecule is Nc1nc2c(c(=O)[nH]1)N[C@H]1C(=S)C(=S)[C@@H](COP(=O)(O)O)O[C@H]1N2. The number of hydrogen-bond acceptors (Lipinski definition) is 10. The monoisotopic (exact) mass is 393 g/mol. The van der Waals surface area contributed by atoms with Crippen LogP contribution in [0.3, 0.4) is 0 Å². The third-order valence-electron chi connectivity index (χ3n) is 3.34. The number of hydrogen-bond donors (Lipinski definition) is 6. The summed E-state index contributed by atoms with van der Waals surface area (Å²) in [7, 11) is -4.67. The molecule has 2 aliphatic heterocycles. The number of fused-ring (bicyclic) bond motifs is 2. The minimum absolute atomic E-state index is 0.0817. The fraction of sp³-hybridized carbons (Fsp3) is 0.400. The summed E-state index contributed by atoms with van der Waals surface area (Å²) in [6.45, 7) is -0.466. The Hall–Kier alpha value is -1.47. The number of H-pyrrole nitrogens is 1. The van der Waals surface area contributed by atoms with Gasteiger partial charge in [-0.1, -0.05) is 24.4 Å². The first-order valence-electron chi connectivity index (χ1n) is 6.52. The molecule has 0 bridgehead atoms. The Bertz CT molecular complexity index is 824. The summed E-state index contributed by atoms with van der Waals surface area (Å²) in [5.74, 6) is 0.0876. The lowest BCUT2D eigenvalue weighted by Crippen LogP contribution is -2.60. The molecule has 0 spiro atoms. The number of phosphoric acid groups is 1. The van der Waals surface area contributed by atoms with Gasteiger partial charge in [0.1, 0.15) is 17.8 Å². The van der Waals surface area contributed by atoms with Crippen molar-refractivity contribution in [3.63, 3.8) is 0 Å². The van der Waals surface area contributed by atoms with Crippen LogP contribution >= 0.6 is 32.3 Å². The van der Waals surface area contributed by atoms with Crippen LogP contribution in [0.15, 0.2) is 4.79 Å². The number of thiocarbonyl (C=S) groups is 2. The zero-order chi connectivity index (χ0) is 17.6. The van der Waals surface area contributed by atoms with Crippen molar-refractivity contribution >= 4 is 59.4 Å². The smallest absolute Gasteiger partial charge is 0.369 e. The number of nitrogens with zero attached hydrogens (tertiary/aromatic N) is 1. The second-order valence-electron chi connectivity index (χ2n) is 5.00. The number of rotatable bonds is 3. The van der Waals surface area contributed by atoms with Crippen molar-refractivity contribution in [3.8, 4) is 0 Å². The summed E-state index contributed by atoms with van der Waals surface area (Å²) < 4.78 is 20.9. The normalized spacial score (nSPS) is 26.2. The number of anilines is 3. The minimum Gasteiger partial charge on any atom is -0.369 e. The van der Waals surface area contributed by atoms with Crippen molar-refractivity contribution in [1.29, 1.82) is 0 Å². The number of nitrogen functional groups attached to an aromatic ring is 1. The summed E-state index contributed by atoms with van der Waals surface area (Å²) in [6.07, 6.45) is -1.70. The molecule has 0 amide bonds. The van der Waals surface area contributed by atoms with Crippen molar-refractivity contribution < 1.29 is 23.6 Å². The van der Waals surface area contributed by atoms with Crippen LogP contribution in [0.2, 0.25) is 0 Å². The second kappa shape index (κ2) is 6.11. The van der Waals surface area contributed by atoms with Gasteiger partial charge in [-0.15, -0.1) is 0 Å². The van der Waals surface area contributed by atoms with Crippen molar-refractivity contribution in [2.45, 2.75) is 18.4 Å². The summed E-state index contributed by atoms with van der Waals surface area (Å²) in [5.41, 5.74) is 5.15. The first kappa shape index (κ1) is 17.4. The van der Waals surface area contributed by atoms with Gasteiger partial charge in [-0.3, -0.25) is 14.3 Å². The zero-order valence-electron chi connectivity index (χ0n) is 11.8. The number of aromatic amines is 1.